The Hall–Kier alpha value is -2.87. The molecule has 6 nitrogen and oxygen atoms in total. The lowest BCUT2D eigenvalue weighted by molar-refractivity contribution is -0.113. The first-order chi connectivity index (χ1) is 13.1. The molecular weight excluding hydrogens is 367 g/mol. The highest BCUT2D eigenvalue weighted by Crippen LogP contribution is 2.26. The maximum atomic E-state index is 12.9. The van der Waals surface area contributed by atoms with Crippen molar-refractivity contribution in [3.05, 3.63) is 54.3 Å². The van der Waals surface area contributed by atoms with Crippen LogP contribution in [0.3, 0.4) is 0 Å². The van der Waals surface area contributed by atoms with Gasteiger partial charge in [0.1, 0.15) is 11.6 Å². The van der Waals surface area contributed by atoms with Gasteiger partial charge < -0.3 is 14.6 Å². The second kappa shape index (κ2) is 8.68. The van der Waals surface area contributed by atoms with Gasteiger partial charge in [0, 0.05) is 17.8 Å². The van der Waals surface area contributed by atoms with Crippen LogP contribution < -0.4 is 10.1 Å². The summed E-state index contributed by atoms with van der Waals surface area (Å²) in [7, 11) is 1.62. The molecule has 0 spiro atoms. The highest BCUT2D eigenvalue weighted by molar-refractivity contribution is 7.99. The van der Waals surface area contributed by atoms with Gasteiger partial charge in [-0.3, -0.25) is 4.79 Å². The minimum absolute atomic E-state index is 0.174. The Morgan fingerprint density at radius 2 is 2.00 bits per heavy atom. The third-order valence-electron chi connectivity index (χ3n) is 3.82. The molecule has 1 aromatic heterocycles. The van der Waals surface area contributed by atoms with E-state index in [1.807, 2.05) is 35.8 Å². The molecule has 0 saturated heterocycles. The average molecular weight is 386 g/mol. The molecule has 0 bridgehead atoms. The van der Waals surface area contributed by atoms with Gasteiger partial charge in [-0.1, -0.05) is 23.9 Å². The van der Waals surface area contributed by atoms with E-state index >= 15 is 0 Å². The summed E-state index contributed by atoms with van der Waals surface area (Å²) in [6.45, 7) is 2.66. The van der Waals surface area contributed by atoms with Gasteiger partial charge in [0.25, 0.3) is 0 Å². The number of carbonyl (C=O) groups excluding carboxylic acids is 1. The molecule has 1 N–H and O–H groups in total. The number of ether oxygens (including phenoxy) is 1. The van der Waals surface area contributed by atoms with Crippen molar-refractivity contribution in [3.63, 3.8) is 0 Å². The van der Waals surface area contributed by atoms with Crippen molar-refractivity contribution < 1.29 is 13.9 Å². The number of nitrogens with one attached hydrogen (secondary N) is 1. The second-order valence-electron chi connectivity index (χ2n) is 5.63. The molecule has 0 radical (unpaired) electrons. The summed E-state index contributed by atoms with van der Waals surface area (Å²) in [6.07, 6.45) is 0. The van der Waals surface area contributed by atoms with Gasteiger partial charge in [0.2, 0.25) is 5.91 Å². The maximum Gasteiger partial charge on any atom is 0.234 e. The van der Waals surface area contributed by atoms with E-state index in [-0.39, 0.29) is 17.5 Å². The van der Waals surface area contributed by atoms with Crippen LogP contribution in [0.1, 0.15) is 6.92 Å². The van der Waals surface area contributed by atoms with Crippen LogP contribution in [0.15, 0.2) is 53.7 Å². The van der Waals surface area contributed by atoms with Crippen molar-refractivity contribution >= 4 is 23.4 Å². The molecule has 27 heavy (non-hydrogen) atoms. The van der Waals surface area contributed by atoms with Crippen molar-refractivity contribution in [2.24, 2.45) is 0 Å². The van der Waals surface area contributed by atoms with Gasteiger partial charge in [-0.05, 0) is 43.3 Å². The van der Waals surface area contributed by atoms with E-state index in [0.29, 0.717) is 17.4 Å². The molecule has 0 aliphatic carbocycles. The summed E-state index contributed by atoms with van der Waals surface area (Å²) in [6, 6.07) is 13.2. The largest absolute Gasteiger partial charge is 0.497 e. The van der Waals surface area contributed by atoms with Crippen LogP contribution in [-0.4, -0.2) is 33.5 Å². The standard InChI is InChI=1S/C19H19FN4O2S/c1-3-24-18(13-5-4-6-16(11-13)26-2)22-23-19(24)27-12-17(25)21-15-9-7-14(20)8-10-15/h4-11H,3,12H2,1-2H3,(H,21,25). The van der Waals surface area contributed by atoms with Gasteiger partial charge in [-0.25, -0.2) is 4.39 Å². The first kappa shape index (κ1) is 18.9. The number of amides is 1. The molecule has 1 amide bonds. The Morgan fingerprint density at radius 1 is 1.22 bits per heavy atom. The van der Waals surface area contributed by atoms with Crippen molar-refractivity contribution in [1.29, 1.82) is 0 Å². The predicted molar refractivity (Wildman–Crippen MR) is 103 cm³/mol. The number of aromatic nitrogens is 3. The molecular formula is C19H19FN4O2S. The topological polar surface area (TPSA) is 69.0 Å². The number of hydrogen-bond donors (Lipinski definition) is 1. The Labute approximate surface area is 160 Å². The van der Waals surface area contributed by atoms with Crippen LogP contribution in [0, 0.1) is 5.82 Å². The van der Waals surface area contributed by atoms with Crippen LogP contribution in [0.2, 0.25) is 0 Å². The molecule has 3 rings (SSSR count). The van der Waals surface area contributed by atoms with Gasteiger partial charge in [-0.15, -0.1) is 10.2 Å². The highest BCUT2D eigenvalue weighted by Gasteiger charge is 2.15. The quantitative estimate of drug-likeness (QED) is 0.625. The third kappa shape index (κ3) is 4.65. The number of rotatable bonds is 7. The minimum Gasteiger partial charge on any atom is -0.497 e. The lowest BCUT2D eigenvalue weighted by Crippen LogP contribution is -2.14. The first-order valence-corrected chi connectivity index (χ1v) is 9.35. The van der Waals surface area contributed by atoms with Crippen molar-refractivity contribution in [2.45, 2.75) is 18.6 Å². The molecule has 0 atom stereocenters. The van der Waals surface area contributed by atoms with Gasteiger partial charge in [-0.2, -0.15) is 0 Å². The molecule has 0 saturated carbocycles. The van der Waals surface area contributed by atoms with Crippen molar-refractivity contribution in [1.82, 2.24) is 14.8 Å². The number of thioether (sulfide) groups is 1. The molecule has 0 aliphatic heterocycles. The number of halogens is 1. The van der Waals surface area contributed by atoms with Crippen molar-refractivity contribution in [2.75, 3.05) is 18.2 Å². The van der Waals surface area contributed by atoms with E-state index in [4.69, 9.17) is 4.74 Å². The molecule has 140 valence electrons. The molecule has 0 aliphatic rings. The molecule has 0 fully saturated rings. The normalized spacial score (nSPS) is 10.6. The number of anilines is 1. The van der Waals surface area contributed by atoms with Gasteiger partial charge in [0.05, 0.1) is 12.9 Å². The summed E-state index contributed by atoms with van der Waals surface area (Å²) in [4.78, 5) is 12.1. The molecule has 2 aromatic carbocycles. The van der Waals surface area contributed by atoms with E-state index in [1.54, 1.807) is 7.11 Å². The lowest BCUT2D eigenvalue weighted by Gasteiger charge is -2.08. The van der Waals surface area contributed by atoms with Crippen molar-refractivity contribution in [3.8, 4) is 17.1 Å². The fraction of sp³-hybridized carbons (Fsp3) is 0.211. The summed E-state index contributed by atoms with van der Waals surface area (Å²) in [5.41, 5.74) is 1.45. The zero-order valence-corrected chi connectivity index (χ0v) is 15.8. The second-order valence-corrected chi connectivity index (χ2v) is 6.57. The van der Waals surface area contributed by atoms with E-state index in [2.05, 4.69) is 15.5 Å². The van der Waals surface area contributed by atoms with Crippen LogP contribution >= 0.6 is 11.8 Å². The highest BCUT2D eigenvalue weighted by atomic mass is 32.2. The minimum atomic E-state index is -0.344. The average Bonchev–Trinajstić information content (AvgIpc) is 3.11. The van der Waals surface area contributed by atoms with E-state index < -0.39 is 0 Å². The monoisotopic (exact) mass is 386 g/mol. The fourth-order valence-electron chi connectivity index (χ4n) is 2.52. The molecule has 0 unspecified atom stereocenters. The van der Waals surface area contributed by atoms with Gasteiger partial charge in [0.15, 0.2) is 11.0 Å². The SMILES string of the molecule is CCn1c(SCC(=O)Nc2ccc(F)cc2)nnc1-c1cccc(OC)c1. The number of carbonyl (C=O) groups is 1. The maximum absolute atomic E-state index is 12.9. The van der Waals surface area contributed by atoms with Crippen LogP contribution in [0.5, 0.6) is 5.75 Å². The summed E-state index contributed by atoms with van der Waals surface area (Å²) < 4.78 is 20.1. The van der Waals surface area contributed by atoms with Crippen LogP contribution in [0.25, 0.3) is 11.4 Å². The predicted octanol–water partition coefficient (Wildman–Crippen LogP) is 3.84. The van der Waals surface area contributed by atoms with E-state index in [1.165, 1.54) is 36.0 Å². The number of hydrogen-bond acceptors (Lipinski definition) is 5. The summed E-state index contributed by atoms with van der Waals surface area (Å²) >= 11 is 1.30. The van der Waals surface area contributed by atoms with Crippen LogP contribution in [0.4, 0.5) is 10.1 Å². The Balaban J connectivity index is 1.69. The Bertz CT molecular complexity index is 928. The molecule has 8 heteroatoms. The van der Waals surface area contributed by atoms with E-state index in [0.717, 1.165) is 17.1 Å². The van der Waals surface area contributed by atoms with E-state index in [9.17, 15) is 9.18 Å². The Kier molecular flexibility index (Phi) is 6.08. The van der Waals surface area contributed by atoms with Gasteiger partial charge >= 0.3 is 0 Å². The molecule has 1 heterocycles. The zero-order chi connectivity index (χ0) is 19.2. The zero-order valence-electron chi connectivity index (χ0n) is 15.0. The molecule has 3 aromatic rings. The number of benzene rings is 2. The van der Waals surface area contributed by atoms with Crippen LogP contribution in [-0.2, 0) is 11.3 Å². The first-order valence-electron chi connectivity index (χ1n) is 8.36. The lowest BCUT2D eigenvalue weighted by atomic mass is 10.2. The number of methoxy groups -OCH3 is 1. The Morgan fingerprint density at radius 3 is 2.70 bits per heavy atom. The number of nitrogens with zero attached hydrogens (tertiary/aromatic N) is 3. The summed E-state index contributed by atoms with van der Waals surface area (Å²) in [5, 5.41) is 11.9. The summed E-state index contributed by atoms with van der Waals surface area (Å²) in [5.74, 6) is 1.10. The third-order valence-corrected chi connectivity index (χ3v) is 4.79. The fourth-order valence-corrected chi connectivity index (χ4v) is 3.32. The smallest absolute Gasteiger partial charge is 0.234 e.